The lowest BCUT2D eigenvalue weighted by Gasteiger charge is -2.38. The second-order valence-electron chi connectivity index (χ2n) is 6.05. The molecule has 0 unspecified atom stereocenters. The topological polar surface area (TPSA) is 85.2 Å². The summed E-state index contributed by atoms with van der Waals surface area (Å²) in [5.74, 6) is 1.59. The van der Waals surface area contributed by atoms with Gasteiger partial charge in [-0.15, -0.1) is 0 Å². The van der Waals surface area contributed by atoms with Gasteiger partial charge in [0.1, 0.15) is 17.2 Å². The zero-order valence-corrected chi connectivity index (χ0v) is 12.7. The van der Waals surface area contributed by atoms with E-state index in [-0.39, 0.29) is 6.09 Å². The molecule has 4 rings (SSSR count). The van der Waals surface area contributed by atoms with Crippen molar-refractivity contribution in [1.29, 1.82) is 0 Å². The minimum atomic E-state index is -0.442. The van der Waals surface area contributed by atoms with Crippen LogP contribution < -0.4 is 10.2 Å². The van der Waals surface area contributed by atoms with Crippen molar-refractivity contribution in [1.82, 2.24) is 25.1 Å². The molecule has 2 fully saturated rings. The quantitative estimate of drug-likeness (QED) is 0.837. The van der Waals surface area contributed by atoms with Crippen LogP contribution in [0.2, 0.25) is 0 Å². The molecular formula is C14H18N6O2. The van der Waals surface area contributed by atoms with Crippen molar-refractivity contribution < 1.29 is 9.53 Å². The van der Waals surface area contributed by atoms with Crippen LogP contribution >= 0.6 is 0 Å². The van der Waals surface area contributed by atoms with Gasteiger partial charge in [0.25, 0.3) is 0 Å². The normalized spacial score (nSPS) is 24.8. The molecule has 1 N–H and O–H groups in total. The van der Waals surface area contributed by atoms with Gasteiger partial charge in [-0.3, -0.25) is 4.68 Å². The maximum Gasteiger partial charge on any atom is 0.407 e. The van der Waals surface area contributed by atoms with Crippen LogP contribution in [0.25, 0.3) is 11.0 Å². The number of hydrogen-bond acceptors (Lipinski definition) is 6. The van der Waals surface area contributed by atoms with E-state index in [1.54, 1.807) is 10.9 Å². The predicted octanol–water partition coefficient (Wildman–Crippen LogP) is 0.751. The summed E-state index contributed by atoms with van der Waals surface area (Å²) in [5, 5.41) is 7.98. The second-order valence-corrected chi connectivity index (χ2v) is 6.05. The van der Waals surface area contributed by atoms with Crippen LogP contribution in [-0.4, -0.2) is 51.1 Å². The molecule has 0 radical (unpaired) electrons. The summed E-state index contributed by atoms with van der Waals surface area (Å²) in [5.41, 5.74) is 0.381. The molecule has 4 heterocycles. The fourth-order valence-corrected chi connectivity index (χ4v) is 3.36. The summed E-state index contributed by atoms with van der Waals surface area (Å²) in [6, 6.07) is 0. The van der Waals surface area contributed by atoms with Crippen LogP contribution in [-0.2, 0) is 11.8 Å². The van der Waals surface area contributed by atoms with E-state index in [0.717, 1.165) is 36.2 Å². The van der Waals surface area contributed by atoms with Crippen LogP contribution in [0.5, 0.6) is 0 Å². The van der Waals surface area contributed by atoms with E-state index in [9.17, 15) is 4.79 Å². The number of rotatable bonds is 1. The van der Waals surface area contributed by atoms with Crippen LogP contribution in [0, 0.1) is 6.92 Å². The number of carbonyl (C=O) groups is 1. The average Bonchev–Trinajstić information content (AvgIpc) is 3.03. The molecule has 2 aromatic rings. The van der Waals surface area contributed by atoms with Gasteiger partial charge in [0.2, 0.25) is 0 Å². The fraction of sp³-hybridized carbons (Fsp3) is 0.571. The van der Waals surface area contributed by atoms with Gasteiger partial charge in [-0.2, -0.15) is 5.10 Å². The molecule has 0 saturated carbocycles. The van der Waals surface area contributed by atoms with Gasteiger partial charge in [0, 0.05) is 13.6 Å². The highest BCUT2D eigenvalue weighted by atomic mass is 16.6. The van der Waals surface area contributed by atoms with Gasteiger partial charge in [-0.1, -0.05) is 0 Å². The van der Waals surface area contributed by atoms with E-state index < -0.39 is 5.60 Å². The Kier molecular flexibility index (Phi) is 2.75. The highest BCUT2D eigenvalue weighted by molar-refractivity contribution is 5.87. The van der Waals surface area contributed by atoms with Crippen LogP contribution in [0.4, 0.5) is 10.6 Å². The number of alkyl carbamates (subject to hydrolysis) is 1. The Bertz CT molecular complexity index is 757. The zero-order valence-electron chi connectivity index (χ0n) is 12.7. The Hall–Kier alpha value is -2.38. The van der Waals surface area contributed by atoms with Crippen molar-refractivity contribution in [3.8, 4) is 0 Å². The minimum absolute atomic E-state index is 0.327. The third-order valence-corrected chi connectivity index (χ3v) is 4.39. The van der Waals surface area contributed by atoms with Crippen molar-refractivity contribution in [2.24, 2.45) is 7.05 Å². The first-order valence-electron chi connectivity index (χ1n) is 7.44. The lowest BCUT2D eigenvalue weighted by Crippen LogP contribution is -2.50. The number of amides is 1. The number of carbonyl (C=O) groups excluding carboxylic acids is 1. The second kappa shape index (κ2) is 4.56. The number of nitrogens with zero attached hydrogens (tertiary/aromatic N) is 5. The molecule has 0 aromatic carbocycles. The highest BCUT2D eigenvalue weighted by Gasteiger charge is 2.44. The lowest BCUT2D eigenvalue weighted by atomic mass is 9.93. The number of aromatic nitrogens is 4. The molecule has 2 saturated heterocycles. The molecule has 1 atom stereocenters. The number of fused-ring (bicyclic) bond motifs is 1. The number of nitrogens with one attached hydrogen (secondary N) is 1. The van der Waals surface area contributed by atoms with E-state index in [2.05, 4.69) is 25.3 Å². The van der Waals surface area contributed by atoms with Crippen LogP contribution in [0.1, 0.15) is 18.7 Å². The van der Waals surface area contributed by atoms with E-state index in [1.807, 2.05) is 14.0 Å². The number of anilines is 1. The standard InChI is InChI=1S/C14H18N6O2/c1-9-17-11-10(6-16-19(11)2)12(18-9)20-5-3-4-14(8-20)7-15-13(21)22-14/h6H,3-5,7-8H2,1-2H3,(H,15,21)/t14-/m0/s1. The van der Waals surface area contributed by atoms with Gasteiger partial charge in [0.15, 0.2) is 5.65 Å². The van der Waals surface area contributed by atoms with Crippen molar-refractivity contribution in [3.05, 3.63) is 12.0 Å². The summed E-state index contributed by atoms with van der Waals surface area (Å²) in [4.78, 5) is 22.7. The van der Waals surface area contributed by atoms with Gasteiger partial charge in [-0.05, 0) is 19.8 Å². The molecule has 2 aromatic heterocycles. The van der Waals surface area contributed by atoms with Gasteiger partial charge in [0.05, 0.1) is 24.7 Å². The maximum absolute atomic E-state index is 11.4. The van der Waals surface area contributed by atoms with Gasteiger partial charge in [-0.25, -0.2) is 14.8 Å². The molecule has 8 nitrogen and oxygen atoms in total. The molecule has 2 aliphatic heterocycles. The summed E-state index contributed by atoms with van der Waals surface area (Å²) in [6.45, 7) is 3.97. The third kappa shape index (κ3) is 1.98. The lowest BCUT2D eigenvalue weighted by molar-refractivity contribution is 0.0446. The van der Waals surface area contributed by atoms with E-state index in [0.29, 0.717) is 18.9 Å². The molecule has 0 aliphatic carbocycles. The van der Waals surface area contributed by atoms with Crippen LogP contribution in [0.15, 0.2) is 6.20 Å². The number of hydrogen-bond donors (Lipinski definition) is 1. The smallest absolute Gasteiger partial charge is 0.407 e. The van der Waals surface area contributed by atoms with Gasteiger partial charge < -0.3 is 15.0 Å². The Morgan fingerprint density at radius 3 is 3.05 bits per heavy atom. The predicted molar refractivity (Wildman–Crippen MR) is 79.7 cm³/mol. The summed E-state index contributed by atoms with van der Waals surface area (Å²) in [6.07, 6.45) is 3.30. The molecule has 2 aliphatic rings. The number of piperidine rings is 1. The summed E-state index contributed by atoms with van der Waals surface area (Å²) >= 11 is 0. The zero-order chi connectivity index (χ0) is 15.3. The molecule has 0 bridgehead atoms. The summed E-state index contributed by atoms with van der Waals surface area (Å²) in [7, 11) is 1.87. The first kappa shape index (κ1) is 13.3. The first-order chi connectivity index (χ1) is 10.6. The number of ether oxygens (including phenoxy) is 1. The molecular weight excluding hydrogens is 284 g/mol. The third-order valence-electron chi connectivity index (χ3n) is 4.39. The number of aryl methyl sites for hydroxylation is 2. The molecule has 8 heteroatoms. The fourth-order valence-electron chi connectivity index (χ4n) is 3.36. The first-order valence-corrected chi connectivity index (χ1v) is 7.44. The average molecular weight is 302 g/mol. The SMILES string of the molecule is Cc1nc(N2CCC[C@]3(CNC(=O)O3)C2)c2cnn(C)c2n1. The van der Waals surface area contributed by atoms with E-state index >= 15 is 0 Å². The van der Waals surface area contributed by atoms with Crippen molar-refractivity contribution in [2.45, 2.75) is 25.4 Å². The maximum atomic E-state index is 11.4. The Morgan fingerprint density at radius 1 is 1.41 bits per heavy atom. The monoisotopic (exact) mass is 302 g/mol. The highest BCUT2D eigenvalue weighted by Crippen LogP contribution is 2.32. The van der Waals surface area contributed by atoms with E-state index in [4.69, 9.17) is 4.74 Å². The largest absolute Gasteiger partial charge is 0.439 e. The van der Waals surface area contributed by atoms with Crippen LogP contribution in [0.3, 0.4) is 0 Å². The molecule has 1 spiro atoms. The Labute approximate surface area is 127 Å². The minimum Gasteiger partial charge on any atom is -0.439 e. The summed E-state index contributed by atoms with van der Waals surface area (Å²) < 4.78 is 7.29. The van der Waals surface area contributed by atoms with Crippen molar-refractivity contribution in [2.75, 3.05) is 24.5 Å². The van der Waals surface area contributed by atoms with E-state index in [1.165, 1.54) is 0 Å². The van der Waals surface area contributed by atoms with Gasteiger partial charge >= 0.3 is 6.09 Å². The van der Waals surface area contributed by atoms with Crippen molar-refractivity contribution in [3.63, 3.8) is 0 Å². The Balaban J connectivity index is 1.74. The Morgan fingerprint density at radius 2 is 2.27 bits per heavy atom. The van der Waals surface area contributed by atoms with Crippen molar-refractivity contribution >= 4 is 22.9 Å². The molecule has 1 amide bonds. The molecule has 116 valence electrons. The molecule has 22 heavy (non-hydrogen) atoms.